The Bertz CT molecular complexity index is 546. The van der Waals surface area contributed by atoms with Crippen molar-refractivity contribution in [1.82, 2.24) is 5.32 Å². The van der Waals surface area contributed by atoms with Gasteiger partial charge in [-0.3, -0.25) is 0 Å². The first-order valence-electron chi connectivity index (χ1n) is 5.78. The lowest BCUT2D eigenvalue weighted by Gasteiger charge is -2.23. The molecule has 108 valence electrons. The number of nitrogens with one attached hydrogen (secondary N) is 2. The summed E-state index contributed by atoms with van der Waals surface area (Å²) in [6.07, 6.45) is 0.147. The Balaban J connectivity index is 2.08. The molecule has 0 radical (unpaired) electrons. The van der Waals surface area contributed by atoms with Gasteiger partial charge in [-0.15, -0.1) is 0 Å². The van der Waals surface area contributed by atoms with Gasteiger partial charge in [0.05, 0.1) is 12.3 Å². The standard InChI is InChI=1S/C12H12ClFN2O4/c13-7-1-2-8(14)9(5-7)15-11(19)16-12(10(17)18)3-4-20-6-12/h1-2,5H,3-4,6H2,(H,17,18)(H2,15,16,19). The van der Waals surface area contributed by atoms with E-state index in [0.29, 0.717) is 0 Å². The number of carboxylic acids is 1. The first-order chi connectivity index (χ1) is 9.43. The van der Waals surface area contributed by atoms with Gasteiger partial charge >= 0.3 is 12.0 Å². The minimum absolute atomic E-state index is 0.130. The third kappa shape index (κ3) is 3.00. The molecular formula is C12H12ClFN2O4. The number of anilines is 1. The number of hydrogen-bond acceptors (Lipinski definition) is 3. The Hall–Kier alpha value is -1.86. The van der Waals surface area contributed by atoms with Crippen molar-refractivity contribution in [2.24, 2.45) is 0 Å². The molecule has 1 atom stereocenters. The fourth-order valence-electron chi connectivity index (χ4n) is 1.85. The molecule has 0 spiro atoms. The molecule has 1 fully saturated rings. The van der Waals surface area contributed by atoms with Gasteiger partial charge in [-0.25, -0.2) is 14.0 Å². The molecule has 1 saturated heterocycles. The molecule has 0 aliphatic carbocycles. The van der Waals surface area contributed by atoms with Crippen LogP contribution in [0.25, 0.3) is 0 Å². The normalized spacial score (nSPS) is 21.5. The number of rotatable bonds is 3. The second-order valence-corrected chi connectivity index (χ2v) is 4.83. The predicted molar refractivity (Wildman–Crippen MR) is 69.4 cm³/mol. The van der Waals surface area contributed by atoms with E-state index < -0.39 is 23.4 Å². The summed E-state index contributed by atoms with van der Waals surface area (Å²) < 4.78 is 18.5. The fourth-order valence-corrected chi connectivity index (χ4v) is 2.02. The average molecular weight is 303 g/mol. The highest BCUT2D eigenvalue weighted by molar-refractivity contribution is 6.30. The SMILES string of the molecule is O=C(Nc1cc(Cl)ccc1F)NC1(C(=O)O)CCOC1. The number of carbonyl (C=O) groups excluding carboxylic acids is 1. The van der Waals surface area contributed by atoms with E-state index in [-0.39, 0.29) is 30.3 Å². The summed E-state index contributed by atoms with van der Waals surface area (Å²) >= 11 is 5.70. The van der Waals surface area contributed by atoms with Crippen LogP contribution in [0.5, 0.6) is 0 Å². The number of carbonyl (C=O) groups is 2. The number of ether oxygens (including phenoxy) is 1. The largest absolute Gasteiger partial charge is 0.479 e. The highest BCUT2D eigenvalue weighted by Crippen LogP contribution is 2.21. The Morgan fingerprint density at radius 2 is 2.20 bits per heavy atom. The zero-order chi connectivity index (χ0) is 14.8. The van der Waals surface area contributed by atoms with E-state index in [1.54, 1.807) is 0 Å². The second kappa shape index (κ2) is 5.64. The Kier molecular flexibility index (Phi) is 4.10. The summed E-state index contributed by atoms with van der Waals surface area (Å²) in [5.74, 6) is -1.87. The maximum Gasteiger partial charge on any atom is 0.332 e. The van der Waals surface area contributed by atoms with Crippen molar-refractivity contribution >= 4 is 29.3 Å². The van der Waals surface area contributed by atoms with Crippen LogP contribution in [0.4, 0.5) is 14.9 Å². The van der Waals surface area contributed by atoms with Crippen LogP contribution in [0, 0.1) is 5.82 Å². The van der Waals surface area contributed by atoms with E-state index in [4.69, 9.17) is 21.4 Å². The third-order valence-corrected chi connectivity index (χ3v) is 3.20. The highest BCUT2D eigenvalue weighted by atomic mass is 35.5. The van der Waals surface area contributed by atoms with Crippen LogP contribution in [0.3, 0.4) is 0 Å². The molecule has 1 aliphatic heterocycles. The van der Waals surface area contributed by atoms with Crippen LogP contribution in [0.15, 0.2) is 18.2 Å². The zero-order valence-electron chi connectivity index (χ0n) is 10.3. The van der Waals surface area contributed by atoms with Crippen molar-refractivity contribution in [3.8, 4) is 0 Å². The first kappa shape index (κ1) is 14.5. The van der Waals surface area contributed by atoms with Gasteiger partial charge in [0.25, 0.3) is 0 Å². The number of carboxylic acid groups (broad SMARTS) is 1. The van der Waals surface area contributed by atoms with Crippen molar-refractivity contribution in [2.45, 2.75) is 12.0 Å². The van der Waals surface area contributed by atoms with E-state index in [2.05, 4.69) is 10.6 Å². The second-order valence-electron chi connectivity index (χ2n) is 4.39. The number of aliphatic carboxylic acids is 1. The molecule has 1 heterocycles. The summed E-state index contributed by atoms with van der Waals surface area (Å²) in [5, 5.41) is 13.9. The summed E-state index contributed by atoms with van der Waals surface area (Å²) in [4.78, 5) is 23.0. The van der Waals surface area contributed by atoms with E-state index in [9.17, 15) is 14.0 Å². The van der Waals surface area contributed by atoms with Gasteiger partial charge in [0.1, 0.15) is 5.82 Å². The smallest absolute Gasteiger partial charge is 0.332 e. The van der Waals surface area contributed by atoms with Crippen molar-refractivity contribution in [3.63, 3.8) is 0 Å². The minimum atomic E-state index is -1.49. The van der Waals surface area contributed by atoms with Crippen LogP contribution >= 0.6 is 11.6 Å². The highest BCUT2D eigenvalue weighted by Gasteiger charge is 2.44. The van der Waals surface area contributed by atoms with Gasteiger partial charge in [-0.2, -0.15) is 0 Å². The zero-order valence-corrected chi connectivity index (χ0v) is 11.0. The van der Waals surface area contributed by atoms with E-state index in [1.807, 2.05) is 0 Å². The average Bonchev–Trinajstić information content (AvgIpc) is 2.83. The van der Waals surface area contributed by atoms with Gasteiger partial charge in [0.15, 0.2) is 5.54 Å². The van der Waals surface area contributed by atoms with E-state index in [1.165, 1.54) is 12.1 Å². The van der Waals surface area contributed by atoms with Crippen molar-refractivity contribution in [2.75, 3.05) is 18.5 Å². The summed E-state index contributed by atoms with van der Waals surface area (Å²) in [7, 11) is 0. The van der Waals surface area contributed by atoms with Crippen LogP contribution in [0.1, 0.15) is 6.42 Å². The lowest BCUT2D eigenvalue weighted by atomic mass is 9.99. The molecule has 1 aromatic carbocycles. The fraction of sp³-hybridized carbons (Fsp3) is 0.333. The summed E-state index contributed by atoms with van der Waals surface area (Å²) in [6.45, 7) is 0.103. The first-order valence-corrected chi connectivity index (χ1v) is 6.16. The lowest BCUT2D eigenvalue weighted by Crippen LogP contribution is -2.56. The number of urea groups is 1. The topological polar surface area (TPSA) is 87.7 Å². The van der Waals surface area contributed by atoms with Gasteiger partial charge in [0, 0.05) is 18.1 Å². The molecule has 20 heavy (non-hydrogen) atoms. The molecule has 0 aromatic heterocycles. The molecule has 2 rings (SSSR count). The molecular weight excluding hydrogens is 291 g/mol. The lowest BCUT2D eigenvalue weighted by molar-refractivity contribution is -0.144. The van der Waals surface area contributed by atoms with Gasteiger partial charge in [-0.05, 0) is 18.2 Å². The molecule has 6 nitrogen and oxygen atoms in total. The number of amides is 2. The molecule has 1 unspecified atom stereocenters. The Morgan fingerprint density at radius 1 is 1.45 bits per heavy atom. The van der Waals surface area contributed by atoms with Gasteiger partial charge in [0.2, 0.25) is 0 Å². The molecule has 0 bridgehead atoms. The molecule has 3 N–H and O–H groups in total. The number of hydrogen-bond donors (Lipinski definition) is 3. The van der Waals surface area contributed by atoms with Crippen molar-refractivity contribution in [3.05, 3.63) is 29.0 Å². The summed E-state index contributed by atoms with van der Waals surface area (Å²) in [6, 6.07) is 2.83. The van der Waals surface area contributed by atoms with Crippen molar-refractivity contribution < 1.29 is 23.8 Å². The molecule has 2 amide bonds. The third-order valence-electron chi connectivity index (χ3n) is 2.96. The van der Waals surface area contributed by atoms with E-state index >= 15 is 0 Å². The maximum atomic E-state index is 13.5. The maximum absolute atomic E-state index is 13.5. The number of benzene rings is 1. The number of halogens is 2. The predicted octanol–water partition coefficient (Wildman–Crippen LogP) is 1.84. The molecule has 1 aromatic rings. The Labute approximate surface area is 118 Å². The minimum Gasteiger partial charge on any atom is -0.479 e. The van der Waals surface area contributed by atoms with Crippen LogP contribution < -0.4 is 10.6 Å². The van der Waals surface area contributed by atoms with Gasteiger partial charge in [-0.1, -0.05) is 11.6 Å². The Morgan fingerprint density at radius 3 is 2.80 bits per heavy atom. The van der Waals surface area contributed by atoms with Crippen molar-refractivity contribution in [1.29, 1.82) is 0 Å². The molecule has 0 saturated carbocycles. The molecule has 1 aliphatic rings. The van der Waals surface area contributed by atoms with Crippen LogP contribution in [-0.4, -0.2) is 35.9 Å². The quantitative estimate of drug-likeness (QED) is 0.795. The van der Waals surface area contributed by atoms with Crippen LogP contribution in [-0.2, 0) is 9.53 Å². The van der Waals surface area contributed by atoms with Crippen LogP contribution in [0.2, 0.25) is 5.02 Å². The summed E-state index contributed by atoms with van der Waals surface area (Å²) in [5.41, 5.74) is -1.62. The molecule has 8 heteroatoms. The van der Waals surface area contributed by atoms with Gasteiger partial charge < -0.3 is 20.5 Å². The van der Waals surface area contributed by atoms with E-state index in [0.717, 1.165) is 6.07 Å². The monoisotopic (exact) mass is 302 g/mol.